The monoisotopic (exact) mass is 403 g/mol. The van der Waals surface area contributed by atoms with E-state index in [1.165, 1.54) is 5.69 Å². The van der Waals surface area contributed by atoms with Gasteiger partial charge in [0.05, 0.1) is 0 Å². The van der Waals surface area contributed by atoms with E-state index in [1.807, 2.05) is 18.2 Å². The van der Waals surface area contributed by atoms with Gasteiger partial charge in [-0.25, -0.2) is 0 Å². The quantitative estimate of drug-likeness (QED) is 0.568. The van der Waals surface area contributed by atoms with E-state index >= 15 is 0 Å². The summed E-state index contributed by atoms with van der Waals surface area (Å²) in [5.41, 5.74) is 1.19. The van der Waals surface area contributed by atoms with Crippen LogP contribution >= 0.6 is 11.6 Å². The number of aliphatic imine (C=N–C) groups is 1. The number of rotatable bonds is 7. The van der Waals surface area contributed by atoms with Crippen LogP contribution in [0.15, 0.2) is 35.6 Å². The van der Waals surface area contributed by atoms with Gasteiger partial charge in [-0.05, 0) is 24.6 Å². The van der Waals surface area contributed by atoms with Gasteiger partial charge in [0.25, 0.3) is 0 Å². The Labute approximate surface area is 172 Å². The van der Waals surface area contributed by atoms with E-state index in [1.54, 1.807) is 6.33 Å². The van der Waals surface area contributed by atoms with E-state index < -0.39 is 0 Å². The molecule has 0 unspecified atom stereocenters. The fourth-order valence-corrected chi connectivity index (χ4v) is 3.55. The molecule has 0 aliphatic carbocycles. The number of nitrogens with zero attached hydrogens (tertiary/aromatic N) is 6. The Balaban J connectivity index is 1.55. The first kappa shape index (κ1) is 20.5. The van der Waals surface area contributed by atoms with Gasteiger partial charge in [0.2, 0.25) is 0 Å². The van der Waals surface area contributed by atoms with Crippen molar-refractivity contribution in [1.29, 1.82) is 0 Å². The van der Waals surface area contributed by atoms with Crippen LogP contribution in [0.3, 0.4) is 0 Å². The highest BCUT2D eigenvalue weighted by Gasteiger charge is 2.20. The van der Waals surface area contributed by atoms with Gasteiger partial charge in [0.15, 0.2) is 5.96 Å². The standard InChI is InChI=1S/C20H30ClN7/c1-3-8-22-20(23-9-10-28-16-24-25-19(28)4-2)27-13-11-26(12-14-27)18-7-5-6-17(21)15-18/h5-7,15-16H,3-4,8-14H2,1-2H3,(H,22,23). The number of aromatic nitrogens is 3. The number of hydrogen-bond acceptors (Lipinski definition) is 4. The maximum atomic E-state index is 6.14. The molecular weight excluding hydrogens is 374 g/mol. The van der Waals surface area contributed by atoms with Crippen molar-refractivity contribution in [1.82, 2.24) is 25.0 Å². The van der Waals surface area contributed by atoms with E-state index in [0.717, 1.165) is 75.5 Å². The van der Waals surface area contributed by atoms with Crippen molar-refractivity contribution < 1.29 is 0 Å². The number of benzene rings is 1. The lowest BCUT2D eigenvalue weighted by atomic mass is 10.2. The number of piperazine rings is 1. The predicted molar refractivity (Wildman–Crippen MR) is 115 cm³/mol. The zero-order valence-electron chi connectivity index (χ0n) is 16.8. The van der Waals surface area contributed by atoms with E-state index in [-0.39, 0.29) is 0 Å². The molecule has 2 heterocycles. The molecule has 1 saturated heterocycles. The summed E-state index contributed by atoms with van der Waals surface area (Å²) in [5, 5.41) is 12.5. The summed E-state index contributed by atoms with van der Waals surface area (Å²) >= 11 is 6.14. The van der Waals surface area contributed by atoms with Gasteiger partial charge in [-0.15, -0.1) is 10.2 Å². The van der Waals surface area contributed by atoms with Gasteiger partial charge >= 0.3 is 0 Å². The lowest BCUT2D eigenvalue weighted by Crippen LogP contribution is -2.53. The summed E-state index contributed by atoms with van der Waals surface area (Å²) in [6, 6.07) is 8.08. The Bertz CT molecular complexity index is 765. The number of halogens is 1. The van der Waals surface area contributed by atoms with Crippen LogP contribution in [0.1, 0.15) is 26.1 Å². The number of aryl methyl sites for hydroxylation is 1. The number of guanidine groups is 1. The molecule has 0 atom stereocenters. The predicted octanol–water partition coefficient (Wildman–Crippen LogP) is 2.67. The number of anilines is 1. The van der Waals surface area contributed by atoms with Gasteiger partial charge in [0, 0.05) is 62.9 Å². The molecule has 1 fully saturated rings. The van der Waals surface area contributed by atoms with Crippen molar-refractivity contribution >= 4 is 23.2 Å². The first-order valence-electron chi connectivity index (χ1n) is 10.1. The summed E-state index contributed by atoms with van der Waals surface area (Å²) < 4.78 is 2.10. The molecule has 7 nitrogen and oxygen atoms in total. The molecule has 1 aliphatic heterocycles. The van der Waals surface area contributed by atoms with E-state index in [4.69, 9.17) is 16.6 Å². The van der Waals surface area contributed by atoms with Crippen LogP contribution in [0.25, 0.3) is 0 Å². The van der Waals surface area contributed by atoms with E-state index in [9.17, 15) is 0 Å². The Kier molecular flexibility index (Phi) is 7.54. The maximum absolute atomic E-state index is 6.14. The Morgan fingerprint density at radius 3 is 2.75 bits per heavy atom. The second-order valence-electron chi connectivity index (χ2n) is 6.88. The molecule has 2 aromatic rings. The largest absolute Gasteiger partial charge is 0.368 e. The average Bonchev–Trinajstić information content (AvgIpc) is 3.18. The first-order valence-corrected chi connectivity index (χ1v) is 10.5. The topological polar surface area (TPSA) is 61.6 Å². The maximum Gasteiger partial charge on any atom is 0.194 e. The SMILES string of the molecule is CCCN=C(NCCn1cnnc1CC)N1CCN(c2cccc(Cl)c2)CC1. The van der Waals surface area contributed by atoms with Crippen LogP contribution in [0, 0.1) is 0 Å². The van der Waals surface area contributed by atoms with Crippen molar-refractivity contribution in [3.8, 4) is 0 Å². The highest BCUT2D eigenvalue weighted by Crippen LogP contribution is 2.20. The lowest BCUT2D eigenvalue weighted by Gasteiger charge is -2.38. The lowest BCUT2D eigenvalue weighted by molar-refractivity contribution is 0.370. The minimum absolute atomic E-state index is 0.784. The van der Waals surface area contributed by atoms with Crippen LogP contribution in [0.4, 0.5) is 5.69 Å². The van der Waals surface area contributed by atoms with Crippen molar-refractivity contribution in [3.63, 3.8) is 0 Å². The van der Waals surface area contributed by atoms with Crippen LogP contribution < -0.4 is 10.2 Å². The molecule has 0 radical (unpaired) electrons. The molecule has 8 heteroatoms. The molecule has 1 aromatic carbocycles. The molecular formula is C20H30ClN7. The van der Waals surface area contributed by atoms with Gasteiger partial charge < -0.3 is 19.7 Å². The molecule has 1 aliphatic rings. The molecule has 1 N–H and O–H groups in total. The second-order valence-corrected chi connectivity index (χ2v) is 7.32. The summed E-state index contributed by atoms with van der Waals surface area (Å²) in [4.78, 5) is 9.52. The van der Waals surface area contributed by atoms with Crippen molar-refractivity contribution in [2.45, 2.75) is 33.2 Å². The number of nitrogens with one attached hydrogen (secondary N) is 1. The van der Waals surface area contributed by atoms with Crippen LogP contribution in [-0.4, -0.2) is 64.9 Å². The Morgan fingerprint density at radius 1 is 1.21 bits per heavy atom. The Morgan fingerprint density at radius 2 is 2.04 bits per heavy atom. The fourth-order valence-electron chi connectivity index (χ4n) is 3.36. The normalized spacial score (nSPS) is 15.2. The zero-order chi connectivity index (χ0) is 19.8. The van der Waals surface area contributed by atoms with Crippen LogP contribution in [0.2, 0.25) is 5.02 Å². The molecule has 1 aromatic heterocycles. The second kappa shape index (κ2) is 10.3. The summed E-state index contributed by atoms with van der Waals surface area (Å²) in [6.07, 6.45) is 3.73. The molecule has 152 valence electrons. The third-order valence-electron chi connectivity index (χ3n) is 4.89. The molecule has 28 heavy (non-hydrogen) atoms. The summed E-state index contributed by atoms with van der Waals surface area (Å²) in [6.45, 7) is 10.5. The molecule has 3 rings (SSSR count). The fraction of sp³-hybridized carbons (Fsp3) is 0.550. The van der Waals surface area contributed by atoms with Gasteiger partial charge in [0.1, 0.15) is 12.2 Å². The minimum atomic E-state index is 0.784. The van der Waals surface area contributed by atoms with E-state index in [0.29, 0.717) is 0 Å². The first-order chi connectivity index (χ1) is 13.7. The van der Waals surface area contributed by atoms with E-state index in [2.05, 4.69) is 49.8 Å². The highest BCUT2D eigenvalue weighted by molar-refractivity contribution is 6.30. The molecule has 0 spiro atoms. The summed E-state index contributed by atoms with van der Waals surface area (Å²) in [7, 11) is 0. The summed E-state index contributed by atoms with van der Waals surface area (Å²) in [5.74, 6) is 2.02. The average molecular weight is 404 g/mol. The third-order valence-corrected chi connectivity index (χ3v) is 5.12. The molecule has 0 bridgehead atoms. The van der Waals surface area contributed by atoms with Crippen molar-refractivity contribution in [2.24, 2.45) is 4.99 Å². The minimum Gasteiger partial charge on any atom is -0.368 e. The van der Waals surface area contributed by atoms with Crippen molar-refractivity contribution in [3.05, 3.63) is 41.4 Å². The third kappa shape index (κ3) is 5.38. The smallest absolute Gasteiger partial charge is 0.194 e. The van der Waals surface area contributed by atoms with Crippen LogP contribution in [-0.2, 0) is 13.0 Å². The van der Waals surface area contributed by atoms with Gasteiger partial charge in [-0.1, -0.05) is 31.5 Å². The Hall–Kier alpha value is -2.28. The highest BCUT2D eigenvalue weighted by atomic mass is 35.5. The van der Waals surface area contributed by atoms with Gasteiger partial charge in [-0.2, -0.15) is 0 Å². The van der Waals surface area contributed by atoms with Crippen LogP contribution in [0.5, 0.6) is 0 Å². The van der Waals surface area contributed by atoms with Crippen molar-refractivity contribution in [2.75, 3.05) is 44.2 Å². The number of hydrogen-bond donors (Lipinski definition) is 1. The molecule has 0 amide bonds. The molecule has 0 saturated carbocycles. The van der Waals surface area contributed by atoms with Gasteiger partial charge in [-0.3, -0.25) is 4.99 Å². The zero-order valence-corrected chi connectivity index (χ0v) is 17.6.